The Morgan fingerprint density at radius 2 is 2.00 bits per heavy atom. The summed E-state index contributed by atoms with van der Waals surface area (Å²) in [6, 6.07) is 3.50. The first kappa shape index (κ1) is 14.7. The fourth-order valence-corrected chi connectivity index (χ4v) is 3.70. The molecule has 1 aliphatic carbocycles. The Morgan fingerprint density at radius 3 is 2.58 bits per heavy atom. The normalized spacial score (nSPS) is 17.6. The maximum absolute atomic E-state index is 12.3. The van der Waals surface area contributed by atoms with Crippen LogP contribution in [-0.4, -0.2) is 30.8 Å². The quantitative estimate of drug-likeness (QED) is 0.851. The smallest absolute Gasteiger partial charge is 0.269 e. The zero-order chi connectivity index (χ0) is 13.9. The highest BCUT2D eigenvalue weighted by Crippen LogP contribution is 2.24. The third kappa shape index (κ3) is 3.90. The zero-order valence-electron chi connectivity index (χ0n) is 10.8. The molecule has 0 radical (unpaired) electrons. The molecule has 1 fully saturated rings. The molecule has 0 aromatic carbocycles. The Bertz CT molecular complexity index is 512. The van der Waals surface area contributed by atoms with E-state index in [2.05, 4.69) is 25.6 Å². The average Bonchev–Trinajstić information content (AvgIpc) is 2.41. The molecule has 1 aliphatic rings. The van der Waals surface area contributed by atoms with E-state index in [9.17, 15) is 8.42 Å². The summed E-state index contributed by atoms with van der Waals surface area (Å²) < 4.78 is 29.2. The number of anilines is 1. The van der Waals surface area contributed by atoms with E-state index < -0.39 is 10.2 Å². The number of halogens is 1. The van der Waals surface area contributed by atoms with Crippen molar-refractivity contribution in [3.05, 3.63) is 22.9 Å². The number of hydrogen-bond acceptors (Lipinski definition) is 3. The lowest BCUT2D eigenvalue weighted by atomic mass is 9.96. The number of rotatable bonds is 4. The summed E-state index contributed by atoms with van der Waals surface area (Å²) in [4.78, 5) is 4.01. The standard InChI is InChI=1S/C12H18BrN3O2S/c1-16(11-5-3-2-4-6-11)19(17,18)15-10-7-8-12(13)14-9-10/h7-9,11,15H,2-6H2,1H3. The van der Waals surface area contributed by atoms with Crippen LogP contribution in [-0.2, 0) is 10.2 Å². The molecule has 5 nitrogen and oxygen atoms in total. The number of nitrogens with zero attached hydrogens (tertiary/aromatic N) is 2. The molecule has 2 rings (SSSR count). The summed E-state index contributed by atoms with van der Waals surface area (Å²) in [5, 5.41) is 0. The van der Waals surface area contributed by atoms with Crippen molar-refractivity contribution in [2.24, 2.45) is 0 Å². The van der Waals surface area contributed by atoms with Crippen molar-refractivity contribution in [1.82, 2.24) is 9.29 Å². The van der Waals surface area contributed by atoms with Gasteiger partial charge in [0.2, 0.25) is 0 Å². The predicted octanol–water partition coefficient (Wildman–Crippen LogP) is 2.77. The molecule has 1 aromatic heterocycles. The molecule has 0 atom stereocenters. The predicted molar refractivity (Wildman–Crippen MR) is 79.1 cm³/mol. The van der Waals surface area contributed by atoms with Crippen molar-refractivity contribution < 1.29 is 8.42 Å². The second-order valence-corrected chi connectivity index (χ2v) is 7.33. The number of pyridine rings is 1. The Morgan fingerprint density at radius 1 is 1.32 bits per heavy atom. The van der Waals surface area contributed by atoms with E-state index in [1.54, 1.807) is 19.2 Å². The molecule has 0 bridgehead atoms. The summed E-state index contributed by atoms with van der Waals surface area (Å²) >= 11 is 3.22. The van der Waals surface area contributed by atoms with E-state index in [0.717, 1.165) is 25.7 Å². The van der Waals surface area contributed by atoms with Gasteiger partial charge in [-0.15, -0.1) is 0 Å². The van der Waals surface area contributed by atoms with E-state index in [1.807, 2.05) is 0 Å². The lowest BCUT2D eigenvalue weighted by Gasteiger charge is -2.30. The third-order valence-electron chi connectivity index (χ3n) is 3.44. The maximum atomic E-state index is 12.3. The minimum atomic E-state index is -3.50. The Kier molecular flexibility index (Phi) is 4.81. The molecular weight excluding hydrogens is 330 g/mol. The van der Waals surface area contributed by atoms with Gasteiger partial charge in [0.25, 0.3) is 0 Å². The van der Waals surface area contributed by atoms with Crippen molar-refractivity contribution in [2.75, 3.05) is 11.8 Å². The topological polar surface area (TPSA) is 62.3 Å². The van der Waals surface area contributed by atoms with Crippen molar-refractivity contribution in [2.45, 2.75) is 38.1 Å². The van der Waals surface area contributed by atoms with E-state index in [0.29, 0.717) is 10.3 Å². The molecule has 0 aliphatic heterocycles. The SMILES string of the molecule is CN(C1CCCCC1)S(=O)(=O)Nc1ccc(Br)nc1. The van der Waals surface area contributed by atoms with Crippen LogP contribution >= 0.6 is 15.9 Å². The van der Waals surface area contributed by atoms with Crippen molar-refractivity contribution in [3.8, 4) is 0 Å². The van der Waals surface area contributed by atoms with Crippen molar-refractivity contribution in [1.29, 1.82) is 0 Å². The van der Waals surface area contributed by atoms with E-state index in [-0.39, 0.29) is 6.04 Å². The number of nitrogens with one attached hydrogen (secondary N) is 1. The fraction of sp³-hybridized carbons (Fsp3) is 0.583. The van der Waals surface area contributed by atoms with Gasteiger partial charge in [0.05, 0.1) is 11.9 Å². The molecule has 19 heavy (non-hydrogen) atoms. The van der Waals surface area contributed by atoms with Gasteiger partial charge in [-0.2, -0.15) is 12.7 Å². The molecule has 0 saturated heterocycles. The molecule has 0 unspecified atom stereocenters. The number of hydrogen-bond donors (Lipinski definition) is 1. The highest BCUT2D eigenvalue weighted by atomic mass is 79.9. The van der Waals surface area contributed by atoms with Crippen LogP contribution in [0.2, 0.25) is 0 Å². The zero-order valence-corrected chi connectivity index (χ0v) is 13.2. The molecule has 0 amide bonds. The summed E-state index contributed by atoms with van der Waals surface area (Å²) in [6.45, 7) is 0. The lowest BCUT2D eigenvalue weighted by molar-refractivity contribution is 0.287. The summed E-state index contributed by atoms with van der Waals surface area (Å²) in [6.07, 6.45) is 6.78. The van der Waals surface area contributed by atoms with Crippen molar-refractivity contribution >= 4 is 31.8 Å². The molecule has 7 heteroatoms. The first-order valence-corrected chi connectivity index (χ1v) is 8.60. The first-order valence-electron chi connectivity index (χ1n) is 6.36. The molecule has 0 spiro atoms. The van der Waals surface area contributed by atoms with Crippen LogP contribution in [0.1, 0.15) is 32.1 Å². The van der Waals surface area contributed by atoms with Crippen LogP contribution in [0.5, 0.6) is 0 Å². The van der Waals surface area contributed by atoms with Gasteiger partial charge < -0.3 is 0 Å². The van der Waals surface area contributed by atoms with Gasteiger partial charge in [0, 0.05) is 13.1 Å². The van der Waals surface area contributed by atoms with Crippen LogP contribution < -0.4 is 4.72 Å². The molecule has 106 valence electrons. The molecule has 1 N–H and O–H groups in total. The average molecular weight is 348 g/mol. The van der Waals surface area contributed by atoms with Crippen LogP contribution in [0.25, 0.3) is 0 Å². The second-order valence-electron chi connectivity index (χ2n) is 4.78. The van der Waals surface area contributed by atoms with E-state index in [1.165, 1.54) is 16.9 Å². The Hall–Kier alpha value is -0.660. The lowest BCUT2D eigenvalue weighted by Crippen LogP contribution is -2.41. The Labute approximate surface area is 122 Å². The van der Waals surface area contributed by atoms with Gasteiger partial charge in [-0.25, -0.2) is 4.98 Å². The highest BCUT2D eigenvalue weighted by Gasteiger charge is 2.27. The summed E-state index contributed by atoms with van der Waals surface area (Å²) in [5.41, 5.74) is 0.478. The van der Waals surface area contributed by atoms with Crippen molar-refractivity contribution in [3.63, 3.8) is 0 Å². The minimum absolute atomic E-state index is 0.106. The molecule has 1 saturated carbocycles. The second kappa shape index (κ2) is 6.19. The largest absolute Gasteiger partial charge is 0.301 e. The number of aromatic nitrogens is 1. The minimum Gasteiger partial charge on any atom is -0.269 e. The summed E-state index contributed by atoms with van der Waals surface area (Å²) in [7, 11) is -1.85. The van der Waals surface area contributed by atoms with Gasteiger partial charge in [0.15, 0.2) is 0 Å². The van der Waals surface area contributed by atoms with Gasteiger partial charge in [-0.3, -0.25) is 4.72 Å². The fourth-order valence-electron chi connectivity index (χ4n) is 2.30. The van der Waals surface area contributed by atoms with Gasteiger partial charge >= 0.3 is 10.2 Å². The first-order chi connectivity index (χ1) is 8.99. The van der Waals surface area contributed by atoms with Crippen LogP contribution in [0, 0.1) is 0 Å². The molecule has 1 aromatic rings. The highest BCUT2D eigenvalue weighted by molar-refractivity contribution is 9.10. The van der Waals surface area contributed by atoms with Crippen LogP contribution in [0.15, 0.2) is 22.9 Å². The van der Waals surface area contributed by atoms with Gasteiger partial charge in [0.1, 0.15) is 4.60 Å². The monoisotopic (exact) mass is 347 g/mol. The van der Waals surface area contributed by atoms with E-state index in [4.69, 9.17) is 0 Å². The Balaban J connectivity index is 2.06. The van der Waals surface area contributed by atoms with Crippen LogP contribution in [0.3, 0.4) is 0 Å². The summed E-state index contributed by atoms with van der Waals surface area (Å²) in [5.74, 6) is 0. The molecule has 1 heterocycles. The maximum Gasteiger partial charge on any atom is 0.301 e. The van der Waals surface area contributed by atoms with Gasteiger partial charge in [-0.1, -0.05) is 19.3 Å². The van der Waals surface area contributed by atoms with Gasteiger partial charge in [-0.05, 0) is 40.9 Å². The molecular formula is C12H18BrN3O2S. The van der Waals surface area contributed by atoms with Crippen LogP contribution in [0.4, 0.5) is 5.69 Å². The third-order valence-corrected chi connectivity index (χ3v) is 5.46. The van der Waals surface area contributed by atoms with E-state index >= 15 is 0 Å².